The first-order valence-corrected chi connectivity index (χ1v) is 8.74. The molecule has 3 aromatic rings. The first-order chi connectivity index (χ1) is 13.6. The lowest BCUT2D eigenvalue weighted by molar-refractivity contribution is -0.110. The fraction of sp³-hybridized carbons (Fsp3) is 0.0952. The van der Waals surface area contributed by atoms with Crippen LogP contribution >= 0.6 is 0 Å². The van der Waals surface area contributed by atoms with Crippen molar-refractivity contribution in [3.05, 3.63) is 66.0 Å². The van der Waals surface area contributed by atoms with Crippen LogP contribution in [-0.2, 0) is 9.53 Å². The molecule has 2 heterocycles. The first-order valence-electron chi connectivity index (χ1n) is 8.74. The van der Waals surface area contributed by atoms with Gasteiger partial charge in [-0.2, -0.15) is 0 Å². The highest BCUT2D eigenvalue weighted by molar-refractivity contribution is 6.31. The Morgan fingerprint density at radius 3 is 2.82 bits per heavy atom. The van der Waals surface area contributed by atoms with E-state index in [9.17, 15) is 14.7 Å². The molecule has 0 bridgehead atoms. The Morgan fingerprint density at radius 1 is 1.25 bits per heavy atom. The summed E-state index contributed by atoms with van der Waals surface area (Å²) >= 11 is 0. The quantitative estimate of drug-likeness (QED) is 0.366. The van der Waals surface area contributed by atoms with E-state index in [1.807, 2.05) is 24.3 Å². The van der Waals surface area contributed by atoms with E-state index in [0.29, 0.717) is 22.3 Å². The average Bonchev–Trinajstić information content (AvgIpc) is 3.02. The van der Waals surface area contributed by atoms with Crippen molar-refractivity contribution in [3.8, 4) is 5.75 Å². The topological polar surface area (TPSA) is 101 Å². The molecular formula is C21H17N3O4. The van der Waals surface area contributed by atoms with E-state index in [4.69, 9.17) is 4.74 Å². The highest BCUT2D eigenvalue weighted by atomic mass is 16.5. The highest BCUT2D eigenvalue weighted by Gasteiger charge is 2.27. The standard InChI is InChI=1S/C21H17N3O4/c1-2-28-21(27)12-9-15-16(20(26)24-19(15)23-10-12)11-22-17-7-8-18(25)14-6-4-3-5-13(14)17/h3-11,22,25H,2H2,1H3,(H,23,24,26). The molecule has 0 spiro atoms. The molecule has 1 amide bonds. The number of benzene rings is 2. The lowest BCUT2D eigenvalue weighted by Gasteiger charge is -2.09. The zero-order chi connectivity index (χ0) is 19.7. The fourth-order valence-electron chi connectivity index (χ4n) is 3.10. The van der Waals surface area contributed by atoms with Crippen LogP contribution in [0.5, 0.6) is 5.75 Å². The molecule has 1 aromatic heterocycles. The zero-order valence-electron chi connectivity index (χ0n) is 15.0. The summed E-state index contributed by atoms with van der Waals surface area (Å²) in [5.41, 5.74) is 1.88. The van der Waals surface area contributed by atoms with Crippen LogP contribution in [0.3, 0.4) is 0 Å². The number of pyridine rings is 1. The molecule has 4 rings (SSSR count). The normalized spacial score (nSPS) is 14.0. The number of esters is 1. The van der Waals surface area contributed by atoms with Crippen molar-refractivity contribution in [3.63, 3.8) is 0 Å². The molecule has 1 aliphatic heterocycles. The molecule has 0 fully saturated rings. The van der Waals surface area contributed by atoms with Gasteiger partial charge in [-0.3, -0.25) is 4.79 Å². The third kappa shape index (κ3) is 3.03. The number of amides is 1. The molecule has 0 atom stereocenters. The largest absolute Gasteiger partial charge is 0.507 e. The Kier molecular flexibility index (Phi) is 4.41. The number of hydrogen-bond acceptors (Lipinski definition) is 6. The minimum atomic E-state index is -0.492. The van der Waals surface area contributed by atoms with E-state index >= 15 is 0 Å². The lowest BCUT2D eigenvalue weighted by Crippen LogP contribution is -2.06. The molecule has 7 heteroatoms. The second-order valence-electron chi connectivity index (χ2n) is 6.17. The lowest BCUT2D eigenvalue weighted by atomic mass is 10.1. The van der Waals surface area contributed by atoms with Crippen LogP contribution in [0, 0.1) is 0 Å². The van der Waals surface area contributed by atoms with Gasteiger partial charge in [0.05, 0.1) is 17.7 Å². The Bertz CT molecular complexity index is 1140. The fourth-order valence-corrected chi connectivity index (χ4v) is 3.10. The summed E-state index contributed by atoms with van der Waals surface area (Å²) in [6.07, 6.45) is 2.94. The minimum Gasteiger partial charge on any atom is -0.507 e. The highest BCUT2D eigenvalue weighted by Crippen LogP contribution is 2.33. The van der Waals surface area contributed by atoms with Crippen molar-refractivity contribution in [2.24, 2.45) is 0 Å². The van der Waals surface area contributed by atoms with Gasteiger partial charge in [-0.05, 0) is 25.1 Å². The third-order valence-corrected chi connectivity index (χ3v) is 4.44. The molecule has 3 N–H and O–H groups in total. The van der Waals surface area contributed by atoms with Crippen LogP contribution in [0.4, 0.5) is 11.5 Å². The van der Waals surface area contributed by atoms with Crippen molar-refractivity contribution >= 4 is 39.7 Å². The number of anilines is 2. The predicted molar refractivity (Wildman–Crippen MR) is 106 cm³/mol. The summed E-state index contributed by atoms with van der Waals surface area (Å²) in [6, 6.07) is 12.3. The summed E-state index contributed by atoms with van der Waals surface area (Å²) in [5.74, 6) is -0.240. The predicted octanol–water partition coefficient (Wildman–Crippen LogP) is 3.52. The van der Waals surface area contributed by atoms with Crippen LogP contribution < -0.4 is 10.6 Å². The van der Waals surface area contributed by atoms with Crippen LogP contribution in [0.15, 0.2) is 54.9 Å². The molecule has 0 unspecified atom stereocenters. The number of hydrogen-bond donors (Lipinski definition) is 3. The van der Waals surface area contributed by atoms with Gasteiger partial charge in [0.15, 0.2) is 0 Å². The number of phenolic OH excluding ortho intramolecular Hbond substituents is 1. The molecule has 0 saturated carbocycles. The Morgan fingerprint density at radius 2 is 2.04 bits per heavy atom. The van der Waals surface area contributed by atoms with E-state index in [-0.39, 0.29) is 23.8 Å². The Hall–Kier alpha value is -3.87. The smallest absolute Gasteiger partial charge is 0.339 e. The number of carbonyl (C=O) groups excluding carboxylic acids is 2. The molecule has 0 aliphatic carbocycles. The average molecular weight is 375 g/mol. The van der Waals surface area contributed by atoms with E-state index in [0.717, 1.165) is 11.1 Å². The molecule has 28 heavy (non-hydrogen) atoms. The number of rotatable bonds is 4. The Labute approximate surface area is 160 Å². The van der Waals surface area contributed by atoms with Gasteiger partial charge in [-0.25, -0.2) is 9.78 Å². The van der Waals surface area contributed by atoms with Gasteiger partial charge in [-0.15, -0.1) is 0 Å². The van der Waals surface area contributed by atoms with E-state index in [2.05, 4.69) is 15.6 Å². The van der Waals surface area contributed by atoms with Gasteiger partial charge in [0.25, 0.3) is 5.91 Å². The second kappa shape index (κ2) is 7.03. The summed E-state index contributed by atoms with van der Waals surface area (Å²) < 4.78 is 5.00. The molecule has 0 saturated heterocycles. The van der Waals surface area contributed by atoms with Gasteiger partial charge in [0, 0.05) is 34.4 Å². The SMILES string of the molecule is CCOC(=O)c1cnc2c(c1)C(=CNc1ccc(O)c3ccccc13)C(=O)N2. The van der Waals surface area contributed by atoms with Gasteiger partial charge < -0.3 is 20.5 Å². The van der Waals surface area contributed by atoms with Crippen LogP contribution in [-0.4, -0.2) is 28.6 Å². The van der Waals surface area contributed by atoms with E-state index in [1.165, 1.54) is 6.20 Å². The van der Waals surface area contributed by atoms with Crippen molar-refractivity contribution in [1.29, 1.82) is 0 Å². The van der Waals surface area contributed by atoms with E-state index in [1.54, 1.807) is 31.3 Å². The number of fused-ring (bicyclic) bond motifs is 2. The van der Waals surface area contributed by atoms with Crippen LogP contribution in [0.25, 0.3) is 16.3 Å². The molecule has 140 valence electrons. The number of nitrogens with one attached hydrogen (secondary N) is 2. The maximum atomic E-state index is 12.4. The van der Waals surface area contributed by atoms with Gasteiger partial charge >= 0.3 is 5.97 Å². The molecule has 1 aliphatic rings. The van der Waals surface area contributed by atoms with Crippen molar-refractivity contribution in [2.75, 3.05) is 17.2 Å². The number of aromatic nitrogens is 1. The number of carbonyl (C=O) groups is 2. The summed E-state index contributed by atoms with van der Waals surface area (Å²) in [7, 11) is 0. The van der Waals surface area contributed by atoms with Crippen LogP contribution in [0.2, 0.25) is 0 Å². The minimum absolute atomic E-state index is 0.182. The van der Waals surface area contributed by atoms with Gasteiger partial charge in [0.2, 0.25) is 0 Å². The molecule has 2 aromatic carbocycles. The Balaban J connectivity index is 1.71. The summed E-state index contributed by atoms with van der Waals surface area (Å²) in [6.45, 7) is 1.98. The maximum absolute atomic E-state index is 12.4. The molecule has 7 nitrogen and oxygen atoms in total. The van der Waals surface area contributed by atoms with Crippen LogP contribution in [0.1, 0.15) is 22.8 Å². The summed E-state index contributed by atoms with van der Waals surface area (Å²) in [5, 5.41) is 17.3. The van der Waals surface area contributed by atoms with Crippen molar-refractivity contribution in [1.82, 2.24) is 4.98 Å². The van der Waals surface area contributed by atoms with Crippen molar-refractivity contribution in [2.45, 2.75) is 6.92 Å². The monoisotopic (exact) mass is 375 g/mol. The first kappa shape index (κ1) is 17.5. The third-order valence-electron chi connectivity index (χ3n) is 4.44. The molecular weight excluding hydrogens is 358 g/mol. The van der Waals surface area contributed by atoms with Gasteiger partial charge in [0.1, 0.15) is 11.6 Å². The maximum Gasteiger partial charge on any atom is 0.339 e. The second-order valence-corrected chi connectivity index (χ2v) is 6.17. The molecule has 0 radical (unpaired) electrons. The van der Waals surface area contributed by atoms with Gasteiger partial charge in [-0.1, -0.05) is 24.3 Å². The van der Waals surface area contributed by atoms with E-state index < -0.39 is 5.97 Å². The number of nitrogens with zero attached hydrogens (tertiary/aromatic N) is 1. The summed E-state index contributed by atoms with van der Waals surface area (Å²) in [4.78, 5) is 28.5. The number of aromatic hydroxyl groups is 1. The number of phenols is 1. The number of ether oxygens (including phenoxy) is 1. The zero-order valence-corrected chi connectivity index (χ0v) is 15.0. The van der Waals surface area contributed by atoms with Crippen molar-refractivity contribution < 1.29 is 19.4 Å².